The van der Waals surface area contributed by atoms with Gasteiger partial charge in [0.05, 0.1) is 18.7 Å². The lowest BCUT2D eigenvalue weighted by Gasteiger charge is -2.38. The van der Waals surface area contributed by atoms with Gasteiger partial charge >= 0.3 is 0 Å². The van der Waals surface area contributed by atoms with Crippen molar-refractivity contribution in [2.45, 2.75) is 18.8 Å². The van der Waals surface area contributed by atoms with Gasteiger partial charge in [-0.2, -0.15) is 4.98 Å². The molecule has 27 heavy (non-hydrogen) atoms. The fraction of sp³-hybridized carbons (Fsp3) is 0.350. The van der Waals surface area contributed by atoms with Gasteiger partial charge in [0.25, 0.3) is 0 Å². The van der Waals surface area contributed by atoms with Gasteiger partial charge < -0.3 is 13.8 Å². The predicted octanol–water partition coefficient (Wildman–Crippen LogP) is 2.71. The van der Waals surface area contributed by atoms with Crippen LogP contribution < -0.4 is 4.90 Å². The summed E-state index contributed by atoms with van der Waals surface area (Å²) >= 11 is 0. The quantitative estimate of drug-likeness (QED) is 0.709. The van der Waals surface area contributed by atoms with E-state index < -0.39 is 0 Å². The Morgan fingerprint density at radius 2 is 2.07 bits per heavy atom. The first-order valence-corrected chi connectivity index (χ1v) is 9.26. The maximum Gasteiger partial charge on any atom is 0.241 e. The number of para-hydroxylation sites is 1. The highest BCUT2D eigenvalue weighted by Gasteiger charge is 2.35. The third-order valence-electron chi connectivity index (χ3n) is 5.26. The standard InChI is InChI=1S/C20H20N4O3/c25-18(24-9-3-6-14-5-1-2-7-16(14)24)13-23-11-15(12-23)20-21-19(22-27-20)17-8-4-10-26-17/h1-2,4-5,7-8,10,15H,3,6,9,11-13H2. The number of amides is 1. The van der Waals surface area contributed by atoms with Gasteiger partial charge in [0.1, 0.15) is 0 Å². The van der Waals surface area contributed by atoms with Crippen LogP contribution in [0, 0.1) is 0 Å². The summed E-state index contributed by atoms with van der Waals surface area (Å²) in [6, 6.07) is 11.8. The van der Waals surface area contributed by atoms with E-state index in [1.165, 1.54) is 5.56 Å². The SMILES string of the molecule is O=C(CN1CC(c2nc(-c3ccco3)no2)C1)N1CCCc2ccccc21. The van der Waals surface area contributed by atoms with Crippen LogP contribution in [0.25, 0.3) is 11.6 Å². The van der Waals surface area contributed by atoms with Crippen LogP contribution in [0.4, 0.5) is 5.69 Å². The van der Waals surface area contributed by atoms with Crippen LogP contribution in [-0.2, 0) is 11.2 Å². The normalized spacial score (nSPS) is 17.6. The number of anilines is 1. The Kier molecular flexibility index (Phi) is 4.01. The molecule has 2 aromatic heterocycles. The Balaban J connectivity index is 1.19. The largest absolute Gasteiger partial charge is 0.461 e. The molecule has 7 heteroatoms. The van der Waals surface area contributed by atoms with Crippen LogP contribution in [0.15, 0.2) is 51.6 Å². The van der Waals surface area contributed by atoms with E-state index in [9.17, 15) is 4.79 Å². The molecule has 2 aliphatic heterocycles. The van der Waals surface area contributed by atoms with E-state index in [1.54, 1.807) is 18.4 Å². The molecule has 5 rings (SSSR count). The number of carbonyl (C=O) groups is 1. The number of hydrogen-bond acceptors (Lipinski definition) is 6. The molecule has 2 aliphatic rings. The molecular formula is C20H20N4O3. The minimum Gasteiger partial charge on any atom is -0.461 e. The lowest BCUT2D eigenvalue weighted by atomic mass is 9.99. The molecule has 3 aromatic rings. The van der Waals surface area contributed by atoms with E-state index in [4.69, 9.17) is 8.94 Å². The first kappa shape index (κ1) is 16.3. The zero-order chi connectivity index (χ0) is 18.2. The van der Waals surface area contributed by atoms with E-state index in [-0.39, 0.29) is 11.8 Å². The number of aryl methyl sites for hydroxylation is 1. The molecule has 1 amide bonds. The van der Waals surface area contributed by atoms with Gasteiger partial charge in [-0.3, -0.25) is 9.69 Å². The second-order valence-corrected chi connectivity index (χ2v) is 7.10. The maximum absolute atomic E-state index is 12.8. The third kappa shape index (κ3) is 3.04. The van der Waals surface area contributed by atoms with Crippen molar-refractivity contribution in [2.24, 2.45) is 0 Å². The van der Waals surface area contributed by atoms with Gasteiger partial charge in [0.2, 0.25) is 17.6 Å². The average Bonchev–Trinajstić information content (AvgIpc) is 3.35. The van der Waals surface area contributed by atoms with Crippen molar-refractivity contribution in [1.29, 1.82) is 0 Å². The number of aromatic nitrogens is 2. The lowest BCUT2D eigenvalue weighted by molar-refractivity contribution is -0.121. The highest BCUT2D eigenvalue weighted by Crippen LogP contribution is 2.30. The Labute approximate surface area is 156 Å². The van der Waals surface area contributed by atoms with Crippen LogP contribution >= 0.6 is 0 Å². The molecule has 1 aromatic carbocycles. The smallest absolute Gasteiger partial charge is 0.241 e. The number of likely N-dealkylation sites (tertiary alicyclic amines) is 1. The van der Waals surface area contributed by atoms with Crippen LogP contribution in [0.2, 0.25) is 0 Å². The number of fused-ring (bicyclic) bond motifs is 1. The number of carbonyl (C=O) groups excluding carboxylic acids is 1. The summed E-state index contributed by atoms with van der Waals surface area (Å²) in [7, 11) is 0. The zero-order valence-corrected chi connectivity index (χ0v) is 14.9. The third-order valence-corrected chi connectivity index (χ3v) is 5.26. The number of rotatable bonds is 4. The summed E-state index contributed by atoms with van der Waals surface area (Å²) in [6.07, 6.45) is 3.64. The topological polar surface area (TPSA) is 75.6 Å². The number of hydrogen-bond donors (Lipinski definition) is 0. The molecule has 1 fully saturated rings. The van der Waals surface area contributed by atoms with Gasteiger partial charge in [-0.05, 0) is 36.6 Å². The minimum absolute atomic E-state index is 0.155. The molecule has 0 radical (unpaired) electrons. The fourth-order valence-corrected chi connectivity index (χ4v) is 3.83. The number of furan rings is 1. The molecule has 0 bridgehead atoms. The Hall–Kier alpha value is -2.93. The molecule has 1 saturated heterocycles. The van der Waals surface area contributed by atoms with Crippen LogP contribution in [0.1, 0.15) is 23.8 Å². The summed E-state index contributed by atoms with van der Waals surface area (Å²) < 4.78 is 10.7. The summed E-state index contributed by atoms with van der Waals surface area (Å²) in [5, 5.41) is 3.97. The van der Waals surface area contributed by atoms with Gasteiger partial charge in [-0.25, -0.2) is 0 Å². The van der Waals surface area contributed by atoms with E-state index in [2.05, 4.69) is 21.1 Å². The van der Waals surface area contributed by atoms with E-state index in [0.717, 1.165) is 38.2 Å². The van der Waals surface area contributed by atoms with Crippen molar-refractivity contribution < 1.29 is 13.7 Å². The van der Waals surface area contributed by atoms with Crippen molar-refractivity contribution in [1.82, 2.24) is 15.0 Å². The average molecular weight is 364 g/mol. The molecule has 4 heterocycles. The first-order chi connectivity index (χ1) is 13.3. The Bertz CT molecular complexity index is 944. The van der Waals surface area contributed by atoms with E-state index >= 15 is 0 Å². The Morgan fingerprint density at radius 1 is 1.19 bits per heavy atom. The van der Waals surface area contributed by atoms with Gasteiger partial charge in [0, 0.05) is 25.3 Å². The highest BCUT2D eigenvalue weighted by molar-refractivity contribution is 5.96. The predicted molar refractivity (Wildman–Crippen MR) is 98.3 cm³/mol. The molecule has 0 unspecified atom stereocenters. The van der Waals surface area contributed by atoms with Crippen molar-refractivity contribution in [3.8, 4) is 11.6 Å². The van der Waals surface area contributed by atoms with E-state index in [1.807, 2.05) is 23.1 Å². The van der Waals surface area contributed by atoms with Gasteiger partial charge in [-0.15, -0.1) is 0 Å². The van der Waals surface area contributed by atoms with Crippen molar-refractivity contribution in [2.75, 3.05) is 31.1 Å². The van der Waals surface area contributed by atoms with Crippen molar-refractivity contribution in [3.63, 3.8) is 0 Å². The van der Waals surface area contributed by atoms with E-state index in [0.29, 0.717) is 24.0 Å². The van der Waals surface area contributed by atoms with Crippen LogP contribution in [-0.4, -0.2) is 47.1 Å². The Morgan fingerprint density at radius 3 is 2.93 bits per heavy atom. The summed E-state index contributed by atoms with van der Waals surface area (Å²) in [4.78, 5) is 21.3. The number of nitrogens with zero attached hydrogens (tertiary/aromatic N) is 4. The monoisotopic (exact) mass is 364 g/mol. The molecule has 7 nitrogen and oxygen atoms in total. The highest BCUT2D eigenvalue weighted by atomic mass is 16.5. The van der Waals surface area contributed by atoms with Crippen molar-refractivity contribution in [3.05, 3.63) is 54.1 Å². The second kappa shape index (κ2) is 6.66. The lowest BCUT2D eigenvalue weighted by Crippen LogP contribution is -2.51. The fourth-order valence-electron chi connectivity index (χ4n) is 3.83. The minimum atomic E-state index is 0.155. The van der Waals surface area contributed by atoms with Crippen LogP contribution in [0.3, 0.4) is 0 Å². The molecule has 0 spiro atoms. The van der Waals surface area contributed by atoms with Gasteiger partial charge in [0.15, 0.2) is 5.76 Å². The molecule has 0 N–H and O–H groups in total. The van der Waals surface area contributed by atoms with Crippen LogP contribution in [0.5, 0.6) is 0 Å². The number of benzene rings is 1. The zero-order valence-electron chi connectivity index (χ0n) is 14.9. The first-order valence-electron chi connectivity index (χ1n) is 9.26. The summed E-state index contributed by atoms with van der Waals surface area (Å²) in [6.45, 7) is 2.72. The van der Waals surface area contributed by atoms with Gasteiger partial charge in [-0.1, -0.05) is 23.4 Å². The summed E-state index contributed by atoms with van der Waals surface area (Å²) in [5.41, 5.74) is 2.32. The molecule has 0 saturated carbocycles. The maximum atomic E-state index is 12.8. The molecule has 0 atom stereocenters. The second-order valence-electron chi connectivity index (χ2n) is 7.10. The molecule has 138 valence electrons. The summed E-state index contributed by atoms with van der Waals surface area (Å²) in [5.74, 6) is 1.99. The van der Waals surface area contributed by atoms with Crippen molar-refractivity contribution >= 4 is 11.6 Å². The molecule has 0 aliphatic carbocycles. The molecular weight excluding hydrogens is 344 g/mol.